The molecule has 1 heteroatoms. The molecule has 0 aliphatic rings. The van der Waals surface area contributed by atoms with Crippen molar-refractivity contribution in [2.75, 3.05) is 0 Å². The molecule has 0 saturated heterocycles. The van der Waals surface area contributed by atoms with Crippen molar-refractivity contribution in [1.82, 2.24) is 0 Å². The highest BCUT2D eigenvalue weighted by molar-refractivity contribution is 5.59. The Labute approximate surface area is 102 Å². The number of hydrogen-bond donors (Lipinski definition) is 0. The molecule has 0 unspecified atom stereocenters. The molecule has 1 nitrogen and oxygen atoms in total. The number of nitrogens with zero attached hydrogens (tertiary/aromatic N) is 1. The van der Waals surface area contributed by atoms with E-state index in [1.807, 2.05) is 36.4 Å². The quantitative estimate of drug-likeness (QED) is 0.505. The number of benzene rings is 2. The molecule has 2 aromatic carbocycles. The lowest BCUT2D eigenvalue weighted by Gasteiger charge is -1.94. The Morgan fingerprint density at radius 1 is 0.941 bits per heavy atom. The van der Waals surface area contributed by atoms with Crippen molar-refractivity contribution in [2.45, 2.75) is 6.42 Å². The van der Waals surface area contributed by atoms with Gasteiger partial charge in [-0.2, -0.15) is 0 Å². The highest BCUT2D eigenvalue weighted by atomic mass is 14.6. The van der Waals surface area contributed by atoms with Gasteiger partial charge in [0.05, 0.1) is 6.57 Å². The maximum atomic E-state index is 7.04. The summed E-state index contributed by atoms with van der Waals surface area (Å²) in [5.74, 6) is 6.15. The number of hydrogen-bond acceptors (Lipinski definition) is 0. The van der Waals surface area contributed by atoms with Crippen LogP contribution in [0.4, 0.5) is 5.69 Å². The minimum atomic E-state index is 0.619. The van der Waals surface area contributed by atoms with Crippen molar-refractivity contribution in [3.8, 4) is 11.8 Å². The van der Waals surface area contributed by atoms with Crippen molar-refractivity contribution in [3.63, 3.8) is 0 Å². The van der Waals surface area contributed by atoms with Crippen LogP contribution in [0.5, 0.6) is 0 Å². The molecule has 0 aliphatic carbocycles. The predicted molar refractivity (Wildman–Crippen MR) is 69.7 cm³/mol. The first-order valence-corrected chi connectivity index (χ1v) is 5.39. The first-order chi connectivity index (χ1) is 8.40. The van der Waals surface area contributed by atoms with Crippen LogP contribution in [-0.2, 0) is 6.42 Å². The average molecular weight is 217 g/mol. The smallest absolute Gasteiger partial charge is 0.202 e. The van der Waals surface area contributed by atoms with Gasteiger partial charge in [-0.05, 0) is 5.56 Å². The number of para-hydroxylation sites is 1. The Balaban J connectivity index is 2.15. The zero-order valence-electron chi connectivity index (χ0n) is 9.35. The van der Waals surface area contributed by atoms with E-state index in [9.17, 15) is 0 Å². The van der Waals surface area contributed by atoms with Gasteiger partial charge in [0.15, 0.2) is 0 Å². The third kappa shape index (κ3) is 2.97. The highest BCUT2D eigenvalue weighted by Gasteiger charge is 1.95. The van der Waals surface area contributed by atoms with Gasteiger partial charge in [0.25, 0.3) is 0 Å². The molecule has 0 N–H and O–H groups in total. The highest BCUT2D eigenvalue weighted by Crippen LogP contribution is 2.16. The monoisotopic (exact) mass is 217 g/mol. The van der Waals surface area contributed by atoms with Gasteiger partial charge >= 0.3 is 0 Å². The lowest BCUT2D eigenvalue weighted by Crippen LogP contribution is -1.80. The molecule has 2 aromatic rings. The molecule has 0 atom stereocenters. The standard InChI is InChI=1S/C16H11N/c1-17-16-13-6-5-11-15(16)12-7-10-14-8-3-2-4-9-14/h2-6,8-9,11,13H,10H2. The Kier molecular flexibility index (Phi) is 3.58. The fourth-order valence-electron chi connectivity index (χ4n) is 1.51. The Bertz CT molecular complexity index is 595. The summed E-state index contributed by atoms with van der Waals surface area (Å²) in [6.07, 6.45) is 0.715. The fraction of sp³-hybridized carbons (Fsp3) is 0.0625. The van der Waals surface area contributed by atoms with Crippen LogP contribution in [0, 0.1) is 18.4 Å². The van der Waals surface area contributed by atoms with Crippen LogP contribution in [0.3, 0.4) is 0 Å². The van der Waals surface area contributed by atoms with E-state index in [0.717, 1.165) is 5.56 Å². The van der Waals surface area contributed by atoms with Crippen molar-refractivity contribution >= 4 is 5.69 Å². The topological polar surface area (TPSA) is 4.36 Å². The van der Waals surface area contributed by atoms with Crippen LogP contribution in [0.1, 0.15) is 11.1 Å². The van der Waals surface area contributed by atoms with E-state index in [1.54, 1.807) is 6.07 Å². The molecule has 17 heavy (non-hydrogen) atoms. The Hall–Kier alpha value is -2.51. The summed E-state index contributed by atoms with van der Waals surface area (Å²) >= 11 is 0. The normalized spacial score (nSPS) is 8.88. The molecule has 0 aliphatic heterocycles. The second-order valence-corrected chi connectivity index (χ2v) is 3.59. The first kappa shape index (κ1) is 11.0. The summed E-state index contributed by atoms with van der Waals surface area (Å²) in [5.41, 5.74) is 2.62. The van der Waals surface area contributed by atoms with Gasteiger partial charge in [-0.15, -0.1) is 0 Å². The molecule has 0 amide bonds. The molecule has 0 saturated carbocycles. The lowest BCUT2D eigenvalue weighted by molar-refractivity contribution is 1.32. The van der Waals surface area contributed by atoms with Gasteiger partial charge in [-0.3, -0.25) is 0 Å². The SMILES string of the molecule is [C-]#[N+]c1ccccc1C#CCc1ccccc1. The molecular weight excluding hydrogens is 206 g/mol. The average Bonchev–Trinajstić information content (AvgIpc) is 2.40. The minimum Gasteiger partial charge on any atom is -0.237 e. The van der Waals surface area contributed by atoms with E-state index >= 15 is 0 Å². The van der Waals surface area contributed by atoms with Crippen molar-refractivity contribution in [3.05, 3.63) is 77.1 Å². The summed E-state index contributed by atoms with van der Waals surface area (Å²) in [7, 11) is 0. The summed E-state index contributed by atoms with van der Waals surface area (Å²) in [5, 5.41) is 0. The number of rotatable bonds is 1. The van der Waals surface area contributed by atoms with E-state index < -0.39 is 0 Å². The van der Waals surface area contributed by atoms with Gasteiger partial charge < -0.3 is 0 Å². The molecule has 80 valence electrons. The van der Waals surface area contributed by atoms with Gasteiger partial charge in [0, 0.05) is 12.0 Å². The van der Waals surface area contributed by atoms with Crippen LogP contribution in [-0.4, -0.2) is 0 Å². The molecule has 2 rings (SSSR count). The Morgan fingerprint density at radius 2 is 1.65 bits per heavy atom. The van der Waals surface area contributed by atoms with Crippen LogP contribution in [0.2, 0.25) is 0 Å². The Morgan fingerprint density at radius 3 is 2.41 bits per heavy atom. The van der Waals surface area contributed by atoms with Crippen LogP contribution in [0.15, 0.2) is 54.6 Å². The summed E-state index contributed by atoms with van der Waals surface area (Å²) < 4.78 is 0. The van der Waals surface area contributed by atoms with E-state index in [-0.39, 0.29) is 0 Å². The van der Waals surface area contributed by atoms with Gasteiger partial charge in [0.1, 0.15) is 0 Å². The van der Waals surface area contributed by atoms with Gasteiger partial charge in [0.2, 0.25) is 5.69 Å². The third-order valence-electron chi connectivity index (χ3n) is 2.38. The molecular formula is C16H11N. The van der Waals surface area contributed by atoms with Crippen molar-refractivity contribution in [1.29, 1.82) is 0 Å². The maximum Gasteiger partial charge on any atom is 0.202 e. The lowest BCUT2D eigenvalue weighted by atomic mass is 10.1. The van der Waals surface area contributed by atoms with Gasteiger partial charge in [-0.25, -0.2) is 4.85 Å². The largest absolute Gasteiger partial charge is 0.237 e. The van der Waals surface area contributed by atoms with Gasteiger partial charge in [-0.1, -0.05) is 66.4 Å². The van der Waals surface area contributed by atoms with E-state index in [4.69, 9.17) is 6.57 Å². The second kappa shape index (κ2) is 5.54. The molecule has 0 fully saturated rings. The molecule has 0 spiro atoms. The predicted octanol–water partition coefficient (Wildman–Crippen LogP) is 3.83. The zero-order valence-corrected chi connectivity index (χ0v) is 9.35. The van der Waals surface area contributed by atoms with Crippen LogP contribution < -0.4 is 0 Å². The summed E-state index contributed by atoms with van der Waals surface area (Å²) in [4.78, 5) is 3.44. The molecule has 0 aromatic heterocycles. The van der Waals surface area contributed by atoms with Crippen molar-refractivity contribution in [2.24, 2.45) is 0 Å². The van der Waals surface area contributed by atoms with Crippen LogP contribution >= 0.6 is 0 Å². The van der Waals surface area contributed by atoms with E-state index in [2.05, 4.69) is 28.8 Å². The van der Waals surface area contributed by atoms with Crippen molar-refractivity contribution < 1.29 is 0 Å². The summed E-state index contributed by atoms with van der Waals surface area (Å²) in [6, 6.07) is 17.5. The van der Waals surface area contributed by atoms with E-state index in [0.29, 0.717) is 12.1 Å². The second-order valence-electron chi connectivity index (χ2n) is 3.59. The minimum absolute atomic E-state index is 0.619. The molecule has 0 bridgehead atoms. The first-order valence-electron chi connectivity index (χ1n) is 5.39. The third-order valence-corrected chi connectivity index (χ3v) is 2.38. The molecule has 0 radical (unpaired) electrons. The zero-order chi connectivity index (χ0) is 11.9. The van der Waals surface area contributed by atoms with E-state index in [1.165, 1.54) is 5.56 Å². The molecule has 0 heterocycles. The maximum absolute atomic E-state index is 7.04. The van der Waals surface area contributed by atoms with Crippen LogP contribution in [0.25, 0.3) is 4.85 Å². The summed E-state index contributed by atoms with van der Waals surface area (Å²) in [6.45, 7) is 7.04. The fourth-order valence-corrected chi connectivity index (χ4v) is 1.51.